The first kappa shape index (κ1) is 13.3. The van der Waals surface area contributed by atoms with E-state index in [2.05, 4.69) is 22.9 Å². The summed E-state index contributed by atoms with van der Waals surface area (Å²) >= 11 is 7.58. The third-order valence-corrected chi connectivity index (χ3v) is 4.45. The molecule has 0 saturated heterocycles. The van der Waals surface area contributed by atoms with Crippen LogP contribution in [0.25, 0.3) is 10.9 Å². The smallest absolute Gasteiger partial charge is 0.131 e. The van der Waals surface area contributed by atoms with Crippen molar-refractivity contribution in [2.45, 2.75) is 6.54 Å². The molecule has 104 valence electrons. The predicted molar refractivity (Wildman–Crippen MR) is 83.5 cm³/mol. The topological polar surface area (TPSA) is 23.4 Å². The van der Waals surface area contributed by atoms with Gasteiger partial charge < -0.3 is 14.0 Å². The number of benzene rings is 1. The Balaban J connectivity index is 2.07. The van der Waals surface area contributed by atoms with Gasteiger partial charge in [0.25, 0.3) is 0 Å². The number of thiophene rings is 1. The second-order valence-electron chi connectivity index (χ2n) is 4.41. The van der Waals surface area contributed by atoms with Gasteiger partial charge in [-0.15, -0.1) is 11.3 Å². The molecule has 0 fully saturated rings. The Morgan fingerprint density at radius 3 is 2.65 bits per heavy atom. The van der Waals surface area contributed by atoms with E-state index in [0.29, 0.717) is 0 Å². The Morgan fingerprint density at radius 2 is 2.00 bits per heavy atom. The van der Waals surface area contributed by atoms with Crippen LogP contribution in [0.5, 0.6) is 11.5 Å². The molecule has 0 radical (unpaired) electrons. The van der Waals surface area contributed by atoms with E-state index in [9.17, 15) is 0 Å². The lowest BCUT2D eigenvalue weighted by atomic mass is 10.2. The van der Waals surface area contributed by atoms with Gasteiger partial charge >= 0.3 is 0 Å². The van der Waals surface area contributed by atoms with Gasteiger partial charge in [-0.05, 0) is 18.2 Å². The lowest BCUT2D eigenvalue weighted by molar-refractivity contribution is 0.398. The average Bonchev–Trinajstić information content (AvgIpc) is 3.05. The predicted octanol–water partition coefficient (Wildman–Crippen LogP) is 4.42. The van der Waals surface area contributed by atoms with Crippen molar-refractivity contribution in [3.63, 3.8) is 0 Å². The maximum absolute atomic E-state index is 5.98. The summed E-state index contributed by atoms with van der Waals surface area (Å²) in [6.45, 7) is 0.789. The van der Waals surface area contributed by atoms with Crippen LogP contribution in [0.3, 0.4) is 0 Å². The molecule has 0 aliphatic carbocycles. The highest BCUT2D eigenvalue weighted by atomic mass is 35.5. The van der Waals surface area contributed by atoms with Gasteiger partial charge in [0.1, 0.15) is 11.5 Å². The molecule has 0 atom stereocenters. The minimum Gasteiger partial charge on any atom is -0.497 e. The van der Waals surface area contributed by atoms with E-state index >= 15 is 0 Å². The van der Waals surface area contributed by atoms with Gasteiger partial charge in [-0.2, -0.15) is 0 Å². The van der Waals surface area contributed by atoms with E-state index < -0.39 is 0 Å². The van der Waals surface area contributed by atoms with Gasteiger partial charge in [0.05, 0.1) is 30.6 Å². The number of ether oxygens (including phenoxy) is 2. The molecule has 0 amide bonds. The van der Waals surface area contributed by atoms with E-state index in [1.807, 2.05) is 18.2 Å². The van der Waals surface area contributed by atoms with Gasteiger partial charge in [0, 0.05) is 28.6 Å². The van der Waals surface area contributed by atoms with Gasteiger partial charge in [-0.25, -0.2) is 0 Å². The first-order valence-corrected chi connectivity index (χ1v) is 7.36. The van der Waals surface area contributed by atoms with Crippen LogP contribution in [-0.4, -0.2) is 18.8 Å². The van der Waals surface area contributed by atoms with Crippen molar-refractivity contribution in [2.24, 2.45) is 0 Å². The Hall–Kier alpha value is -1.65. The van der Waals surface area contributed by atoms with Crippen molar-refractivity contribution in [1.29, 1.82) is 0 Å². The van der Waals surface area contributed by atoms with Crippen LogP contribution in [0.1, 0.15) is 4.88 Å². The molecular weight excluding hydrogens is 294 g/mol. The second kappa shape index (κ2) is 5.38. The van der Waals surface area contributed by atoms with Crippen LogP contribution in [0, 0.1) is 0 Å². The van der Waals surface area contributed by atoms with Crippen LogP contribution in [0.15, 0.2) is 36.5 Å². The van der Waals surface area contributed by atoms with Gasteiger partial charge in [0.15, 0.2) is 0 Å². The van der Waals surface area contributed by atoms with Crippen molar-refractivity contribution in [2.75, 3.05) is 14.2 Å². The number of nitrogens with zero attached hydrogens (tertiary/aromatic N) is 1. The fraction of sp³-hybridized carbons (Fsp3) is 0.200. The van der Waals surface area contributed by atoms with Gasteiger partial charge in [-0.3, -0.25) is 0 Å². The molecule has 0 aliphatic heterocycles. The van der Waals surface area contributed by atoms with Crippen LogP contribution < -0.4 is 9.47 Å². The lowest BCUT2D eigenvalue weighted by Gasteiger charge is -2.08. The number of halogens is 1. The molecule has 1 aromatic carbocycles. The van der Waals surface area contributed by atoms with Crippen molar-refractivity contribution in [3.05, 3.63) is 45.7 Å². The number of methoxy groups -OCH3 is 2. The first-order valence-electron chi connectivity index (χ1n) is 6.16. The highest BCUT2D eigenvalue weighted by Crippen LogP contribution is 2.33. The van der Waals surface area contributed by atoms with Crippen LogP contribution in [-0.2, 0) is 6.54 Å². The highest BCUT2D eigenvalue weighted by Gasteiger charge is 2.10. The number of aromatic nitrogens is 1. The molecule has 3 rings (SSSR count). The van der Waals surface area contributed by atoms with E-state index in [0.717, 1.165) is 33.3 Å². The molecule has 0 aliphatic rings. The summed E-state index contributed by atoms with van der Waals surface area (Å²) in [5.74, 6) is 1.61. The van der Waals surface area contributed by atoms with Gasteiger partial charge in [-0.1, -0.05) is 11.6 Å². The maximum Gasteiger partial charge on any atom is 0.131 e. The molecular formula is C15H14ClNO2S. The fourth-order valence-electron chi connectivity index (χ4n) is 2.27. The lowest BCUT2D eigenvalue weighted by Crippen LogP contribution is -1.96. The molecule has 2 heterocycles. The highest BCUT2D eigenvalue weighted by molar-refractivity contribution is 7.16. The maximum atomic E-state index is 5.98. The third kappa shape index (κ3) is 2.37. The number of hydrogen-bond donors (Lipinski definition) is 0. The zero-order valence-electron chi connectivity index (χ0n) is 11.2. The van der Waals surface area contributed by atoms with Crippen LogP contribution >= 0.6 is 22.9 Å². The summed E-state index contributed by atoms with van der Waals surface area (Å²) in [4.78, 5) is 1.22. The Morgan fingerprint density at radius 1 is 1.15 bits per heavy atom. The number of fused-ring (bicyclic) bond motifs is 1. The standard InChI is InChI=1S/C15H14ClNO2S/c1-18-10-7-13-12(14(8-10)19-2)5-6-17(13)9-11-3-4-15(16)20-11/h3-8H,9H2,1-2H3. The van der Waals surface area contributed by atoms with E-state index in [1.54, 1.807) is 25.6 Å². The minimum absolute atomic E-state index is 0.789. The number of rotatable bonds is 4. The largest absolute Gasteiger partial charge is 0.497 e. The van der Waals surface area contributed by atoms with Gasteiger partial charge in [0.2, 0.25) is 0 Å². The molecule has 0 bridgehead atoms. The van der Waals surface area contributed by atoms with Crippen molar-refractivity contribution >= 4 is 33.8 Å². The molecule has 0 unspecified atom stereocenters. The molecule has 2 aromatic heterocycles. The number of hydrogen-bond acceptors (Lipinski definition) is 3. The zero-order valence-corrected chi connectivity index (χ0v) is 12.8. The van der Waals surface area contributed by atoms with Crippen molar-refractivity contribution in [3.8, 4) is 11.5 Å². The summed E-state index contributed by atoms with van der Waals surface area (Å²) in [6.07, 6.45) is 2.06. The average molecular weight is 308 g/mol. The van der Waals surface area contributed by atoms with E-state index in [-0.39, 0.29) is 0 Å². The SMILES string of the molecule is COc1cc(OC)c2ccn(Cc3ccc(Cl)s3)c2c1. The third-order valence-electron chi connectivity index (χ3n) is 3.23. The van der Waals surface area contributed by atoms with Crippen LogP contribution in [0.4, 0.5) is 0 Å². The van der Waals surface area contributed by atoms with Crippen molar-refractivity contribution in [1.82, 2.24) is 4.57 Å². The van der Waals surface area contributed by atoms with E-state index in [4.69, 9.17) is 21.1 Å². The Bertz CT molecular complexity index is 747. The summed E-state index contributed by atoms with van der Waals surface area (Å²) in [6, 6.07) is 9.95. The first-order chi connectivity index (χ1) is 9.71. The molecule has 0 spiro atoms. The molecule has 5 heteroatoms. The van der Waals surface area contributed by atoms with E-state index in [1.165, 1.54) is 4.88 Å². The Kier molecular flexibility index (Phi) is 3.59. The minimum atomic E-state index is 0.789. The summed E-state index contributed by atoms with van der Waals surface area (Å²) in [5, 5.41) is 1.08. The summed E-state index contributed by atoms with van der Waals surface area (Å²) in [7, 11) is 3.33. The molecule has 3 nitrogen and oxygen atoms in total. The molecule has 0 N–H and O–H groups in total. The summed E-state index contributed by atoms with van der Waals surface area (Å²) < 4.78 is 13.7. The monoisotopic (exact) mass is 307 g/mol. The molecule has 20 heavy (non-hydrogen) atoms. The second-order valence-corrected chi connectivity index (χ2v) is 6.21. The molecule has 3 aromatic rings. The quantitative estimate of drug-likeness (QED) is 0.712. The summed E-state index contributed by atoms with van der Waals surface area (Å²) in [5.41, 5.74) is 1.09. The van der Waals surface area contributed by atoms with Crippen molar-refractivity contribution < 1.29 is 9.47 Å². The normalized spacial score (nSPS) is 10.9. The van der Waals surface area contributed by atoms with Crippen LogP contribution in [0.2, 0.25) is 4.34 Å². The molecule has 0 saturated carbocycles. The fourth-order valence-corrected chi connectivity index (χ4v) is 3.35. The Labute approximate surface area is 126 Å². The zero-order chi connectivity index (χ0) is 14.1.